The summed E-state index contributed by atoms with van der Waals surface area (Å²) < 4.78 is 7.79. The maximum atomic E-state index is 11.1. The summed E-state index contributed by atoms with van der Waals surface area (Å²) >= 11 is 0. The highest BCUT2D eigenvalue weighted by molar-refractivity contribution is 5.76. The fourth-order valence-electron chi connectivity index (χ4n) is 4.24. The van der Waals surface area contributed by atoms with Gasteiger partial charge in [-0.3, -0.25) is 9.78 Å². The van der Waals surface area contributed by atoms with Gasteiger partial charge in [-0.15, -0.1) is 5.10 Å². The van der Waals surface area contributed by atoms with E-state index < -0.39 is 0 Å². The van der Waals surface area contributed by atoms with Gasteiger partial charge < -0.3 is 10.2 Å². The standard InChI is InChI=1S/C22H22N6O2/c23-21(29)10-6-14-5-8-16(11-14)28-19(13-25-27-28)17-9-7-15(12-24-17)22-26-18-3-1-2-4-20(18)30-22/h1-4,7,9,12-14,16H,5-6,8,10-11H2,(H2,23,29)/t14-,16+/m0/s1. The molecule has 152 valence electrons. The van der Waals surface area contributed by atoms with Crippen LogP contribution in [0.3, 0.4) is 0 Å². The first kappa shape index (κ1) is 18.5. The van der Waals surface area contributed by atoms with E-state index in [0.717, 1.165) is 53.7 Å². The molecule has 1 aliphatic carbocycles. The normalized spacial score (nSPS) is 18.8. The Bertz CT molecular complexity index is 1150. The van der Waals surface area contributed by atoms with E-state index in [1.54, 1.807) is 12.4 Å². The summed E-state index contributed by atoms with van der Waals surface area (Å²) in [6, 6.07) is 11.8. The maximum absolute atomic E-state index is 11.1. The molecule has 2 N–H and O–H groups in total. The number of nitrogens with zero attached hydrogens (tertiary/aromatic N) is 5. The lowest BCUT2D eigenvalue weighted by Gasteiger charge is -2.14. The van der Waals surface area contributed by atoms with Crippen molar-refractivity contribution in [2.45, 2.75) is 38.1 Å². The number of primary amides is 1. The van der Waals surface area contributed by atoms with Crippen LogP contribution < -0.4 is 5.73 Å². The van der Waals surface area contributed by atoms with Gasteiger partial charge in [0.15, 0.2) is 5.58 Å². The van der Waals surface area contributed by atoms with Crippen LogP contribution in [0.25, 0.3) is 33.9 Å². The van der Waals surface area contributed by atoms with E-state index in [9.17, 15) is 4.79 Å². The van der Waals surface area contributed by atoms with Crippen molar-refractivity contribution in [3.05, 3.63) is 48.8 Å². The molecule has 1 fully saturated rings. The van der Waals surface area contributed by atoms with Gasteiger partial charge in [0.1, 0.15) is 11.2 Å². The molecule has 3 heterocycles. The van der Waals surface area contributed by atoms with Crippen LogP contribution in [0.2, 0.25) is 0 Å². The Labute approximate surface area is 173 Å². The van der Waals surface area contributed by atoms with Gasteiger partial charge in [0, 0.05) is 12.6 Å². The lowest BCUT2D eigenvalue weighted by atomic mass is 10.0. The van der Waals surface area contributed by atoms with Gasteiger partial charge >= 0.3 is 0 Å². The van der Waals surface area contributed by atoms with E-state index in [1.807, 2.05) is 41.1 Å². The van der Waals surface area contributed by atoms with Crippen LogP contribution in [0.15, 0.2) is 53.2 Å². The van der Waals surface area contributed by atoms with Crippen molar-refractivity contribution >= 4 is 17.0 Å². The van der Waals surface area contributed by atoms with Crippen molar-refractivity contribution in [2.24, 2.45) is 11.7 Å². The highest BCUT2D eigenvalue weighted by Crippen LogP contribution is 2.38. The Morgan fingerprint density at radius 1 is 1.17 bits per heavy atom. The first-order chi connectivity index (χ1) is 14.7. The molecule has 30 heavy (non-hydrogen) atoms. The predicted molar refractivity (Wildman–Crippen MR) is 111 cm³/mol. The molecule has 8 heteroatoms. The molecule has 0 unspecified atom stereocenters. The van der Waals surface area contributed by atoms with E-state index >= 15 is 0 Å². The third kappa shape index (κ3) is 3.56. The molecule has 4 aromatic rings. The van der Waals surface area contributed by atoms with Gasteiger partial charge in [0.2, 0.25) is 11.8 Å². The Kier molecular flexibility index (Phi) is 4.74. The van der Waals surface area contributed by atoms with Crippen LogP contribution in [0.5, 0.6) is 0 Å². The van der Waals surface area contributed by atoms with Crippen molar-refractivity contribution < 1.29 is 9.21 Å². The first-order valence-corrected chi connectivity index (χ1v) is 10.2. The van der Waals surface area contributed by atoms with Crippen molar-refractivity contribution in [3.8, 4) is 22.8 Å². The Morgan fingerprint density at radius 2 is 2.07 bits per heavy atom. The molecule has 0 radical (unpaired) electrons. The summed E-state index contributed by atoms with van der Waals surface area (Å²) in [5.74, 6) is 0.812. The molecule has 2 atom stereocenters. The van der Waals surface area contributed by atoms with E-state index in [2.05, 4.69) is 20.3 Å². The third-order valence-corrected chi connectivity index (χ3v) is 5.80. The van der Waals surface area contributed by atoms with Crippen LogP contribution >= 0.6 is 0 Å². The number of fused-ring (bicyclic) bond motifs is 1. The van der Waals surface area contributed by atoms with Crippen molar-refractivity contribution in [3.63, 3.8) is 0 Å². The molecule has 0 spiro atoms. The molecule has 1 aliphatic rings. The minimum Gasteiger partial charge on any atom is -0.436 e. The molecule has 0 saturated heterocycles. The van der Waals surface area contributed by atoms with E-state index in [4.69, 9.17) is 10.2 Å². The largest absolute Gasteiger partial charge is 0.436 e. The van der Waals surface area contributed by atoms with Gasteiger partial charge in [0.25, 0.3) is 0 Å². The number of aromatic nitrogens is 5. The fraction of sp³-hybridized carbons (Fsp3) is 0.318. The van der Waals surface area contributed by atoms with Crippen molar-refractivity contribution in [1.29, 1.82) is 0 Å². The molecule has 3 aromatic heterocycles. The third-order valence-electron chi connectivity index (χ3n) is 5.80. The van der Waals surface area contributed by atoms with E-state index in [1.165, 1.54) is 0 Å². The zero-order valence-corrected chi connectivity index (χ0v) is 16.4. The second-order valence-electron chi connectivity index (χ2n) is 7.82. The topological polar surface area (TPSA) is 113 Å². The molecule has 8 nitrogen and oxygen atoms in total. The number of pyridine rings is 1. The summed E-state index contributed by atoms with van der Waals surface area (Å²) in [4.78, 5) is 20.2. The maximum Gasteiger partial charge on any atom is 0.228 e. The number of hydrogen-bond donors (Lipinski definition) is 1. The predicted octanol–water partition coefficient (Wildman–Crippen LogP) is 3.76. The minimum absolute atomic E-state index is 0.233. The number of carbonyl (C=O) groups is 1. The molecule has 0 bridgehead atoms. The lowest BCUT2D eigenvalue weighted by Crippen LogP contribution is -2.13. The SMILES string of the molecule is NC(=O)CC[C@@H]1CC[C@@H](n2nncc2-c2ccc(-c3nc4ccccc4o3)cn2)C1. The monoisotopic (exact) mass is 402 g/mol. The van der Waals surface area contributed by atoms with Crippen LogP contribution in [-0.4, -0.2) is 30.9 Å². The average Bonchev–Trinajstić information content (AvgIpc) is 3.51. The van der Waals surface area contributed by atoms with Gasteiger partial charge in [-0.25, -0.2) is 9.67 Å². The molecule has 1 aromatic carbocycles. The van der Waals surface area contributed by atoms with Gasteiger partial charge in [-0.2, -0.15) is 0 Å². The minimum atomic E-state index is -0.233. The number of rotatable bonds is 6. The van der Waals surface area contributed by atoms with Crippen molar-refractivity contribution in [1.82, 2.24) is 25.0 Å². The van der Waals surface area contributed by atoms with Crippen molar-refractivity contribution in [2.75, 3.05) is 0 Å². The van der Waals surface area contributed by atoms with Crippen LogP contribution in [0.4, 0.5) is 0 Å². The molecule has 0 aliphatic heterocycles. The highest BCUT2D eigenvalue weighted by Gasteiger charge is 2.28. The summed E-state index contributed by atoms with van der Waals surface area (Å²) in [5.41, 5.74) is 9.39. The number of para-hydroxylation sites is 2. The summed E-state index contributed by atoms with van der Waals surface area (Å²) in [6.45, 7) is 0. The van der Waals surface area contributed by atoms with E-state index in [0.29, 0.717) is 18.2 Å². The van der Waals surface area contributed by atoms with E-state index in [-0.39, 0.29) is 11.9 Å². The van der Waals surface area contributed by atoms with Gasteiger partial charge in [-0.05, 0) is 55.9 Å². The van der Waals surface area contributed by atoms with Gasteiger partial charge in [0.05, 0.1) is 23.5 Å². The second kappa shape index (κ2) is 7.70. The number of oxazole rings is 1. The fourth-order valence-corrected chi connectivity index (χ4v) is 4.24. The molecule has 1 saturated carbocycles. The molecular weight excluding hydrogens is 380 g/mol. The summed E-state index contributed by atoms with van der Waals surface area (Å²) in [5, 5.41) is 8.44. The second-order valence-corrected chi connectivity index (χ2v) is 7.82. The summed E-state index contributed by atoms with van der Waals surface area (Å²) in [6.07, 6.45) is 7.86. The number of benzene rings is 1. The molecule has 1 amide bonds. The van der Waals surface area contributed by atoms with Crippen LogP contribution in [-0.2, 0) is 4.79 Å². The number of nitrogens with two attached hydrogens (primary N) is 1. The zero-order chi connectivity index (χ0) is 20.5. The molecule has 5 rings (SSSR count). The molecular formula is C22H22N6O2. The zero-order valence-electron chi connectivity index (χ0n) is 16.4. The Hall–Kier alpha value is -3.55. The number of hydrogen-bond acceptors (Lipinski definition) is 6. The van der Waals surface area contributed by atoms with Gasteiger partial charge in [-0.1, -0.05) is 17.3 Å². The number of amides is 1. The first-order valence-electron chi connectivity index (χ1n) is 10.2. The van der Waals surface area contributed by atoms with Crippen LogP contribution in [0.1, 0.15) is 38.1 Å². The Balaban J connectivity index is 1.35. The summed E-state index contributed by atoms with van der Waals surface area (Å²) in [7, 11) is 0. The quantitative estimate of drug-likeness (QED) is 0.525. The van der Waals surface area contributed by atoms with Crippen LogP contribution in [0, 0.1) is 5.92 Å². The number of carbonyl (C=O) groups excluding carboxylic acids is 1. The average molecular weight is 402 g/mol. The Morgan fingerprint density at radius 3 is 2.87 bits per heavy atom. The lowest BCUT2D eigenvalue weighted by molar-refractivity contribution is -0.118. The smallest absolute Gasteiger partial charge is 0.228 e. The highest BCUT2D eigenvalue weighted by atomic mass is 16.3.